The van der Waals surface area contributed by atoms with Gasteiger partial charge >= 0.3 is 0 Å². The van der Waals surface area contributed by atoms with E-state index in [0.29, 0.717) is 21.7 Å². The van der Waals surface area contributed by atoms with Crippen LogP contribution in [0.15, 0.2) is 52.4 Å². The van der Waals surface area contributed by atoms with Gasteiger partial charge in [-0.25, -0.2) is 13.4 Å². The van der Waals surface area contributed by atoms with Gasteiger partial charge in [0.05, 0.1) is 39.4 Å². The van der Waals surface area contributed by atoms with Crippen molar-refractivity contribution in [1.29, 1.82) is 0 Å². The Morgan fingerprint density at radius 3 is 2.61 bits per heavy atom. The number of thioether (sulfide) groups is 1. The number of aliphatic hydroxyl groups excluding tert-OH is 1. The lowest BCUT2D eigenvalue weighted by atomic mass is 10.1. The highest BCUT2D eigenvalue weighted by Crippen LogP contribution is 2.32. The van der Waals surface area contributed by atoms with Crippen molar-refractivity contribution in [3.63, 3.8) is 0 Å². The smallest absolute Gasteiger partial charge is 0.266 e. The van der Waals surface area contributed by atoms with E-state index in [4.69, 9.17) is 0 Å². The molecule has 1 aromatic heterocycles. The van der Waals surface area contributed by atoms with Crippen molar-refractivity contribution in [1.82, 2.24) is 9.55 Å². The van der Waals surface area contributed by atoms with Crippen LogP contribution in [0, 0.1) is 13.8 Å². The van der Waals surface area contributed by atoms with Crippen LogP contribution in [0.1, 0.15) is 11.1 Å². The monoisotopic (exact) mass is 416 g/mol. The van der Waals surface area contributed by atoms with Gasteiger partial charge in [0.2, 0.25) is 0 Å². The molecule has 0 aliphatic carbocycles. The maximum Gasteiger partial charge on any atom is 0.266 e. The summed E-state index contributed by atoms with van der Waals surface area (Å²) in [4.78, 5) is 18.0. The second-order valence-electron chi connectivity index (χ2n) is 7.14. The molecule has 0 spiro atoms. The molecule has 1 N–H and O–H groups in total. The molecule has 1 aliphatic rings. The topological polar surface area (TPSA) is 89.3 Å². The van der Waals surface area contributed by atoms with Gasteiger partial charge in [-0.2, -0.15) is 0 Å². The number of benzene rings is 2. The van der Waals surface area contributed by atoms with Crippen LogP contribution < -0.4 is 5.56 Å². The van der Waals surface area contributed by atoms with Crippen molar-refractivity contribution in [2.24, 2.45) is 0 Å². The molecule has 6 nitrogen and oxygen atoms in total. The van der Waals surface area contributed by atoms with Gasteiger partial charge in [0, 0.05) is 0 Å². The standard InChI is InChI=1S/C20H20N2O4S2/c1-12-7-8-13(2)16(9-12)22-19(24)14-5-3-4-6-15(14)21-20(22)27-18-11-28(25,26)10-17(18)23/h3-9,17-18,23H,10-11H2,1-2H3/t17-,18-/m0/s1. The number of hydrogen-bond acceptors (Lipinski definition) is 6. The number of aryl methyl sites for hydroxylation is 2. The third-order valence-electron chi connectivity index (χ3n) is 4.88. The van der Waals surface area contributed by atoms with Crippen LogP contribution in [0.2, 0.25) is 0 Å². The van der Waals surface area contributed by atoms with Crippen LogP contribution in [-0.4, -0.2) is 45.9 Å². The van der Waals surface area contributed by atoms with Crippen molar-refractivity contribution in [2.75, 3.05) is 11.5 Å². The minimum absolute atomic E-state index is 0.131. The average molecular weight is 417 g/mol. The number of para-hydroxylation sites is 1. The normalized spacial score (nSPS) is 21.2. The van der Waals surface area contributed by atoms with Gasteiger partial charge in [0.15, 0.2) is 15.0 Å². The van der Waals surface area contributed by atoms with E-state index in [9.17, 15) is 18.3 Å². The maximum atomic E-state index is 13.3. The van der Waals surface area contributed by atoms with E-state index in [0.717, 1.165) is 22.9 Å². The molecule has 28 heavy (non-hydrogen) atoms. The molecule has 0 radical (unpaired) electrons. The van der Waals surface area contributed by atoms with E-state index in [1.807, 2.05) is 32.0 Å². The summed E-state index contributed by atoms with van der Waals surface area (Å²) in [5, 5.41) is 10.5. The number of rotatable bonds is 3. The highest BCUT2D eigenvalue weighted by atomic mass is 32.2. The lowest BCUT2D eigenvalue weighted by molar-refractivity contribution is 0.207. The van der Waals surface area contributed by atoms with Gasteiger partial charge in [0.1, 0.15) is 0 Å². The summed E-state index contributed by atoms with van der Waals surface area (Å²) < 4.78 is 25.4. The van der Waals surface area contributed by atoms with Crippen LogP contribution in [-0.2, 0) is 9.84 Å². The zero-order chi connectivity index (χ0) is 20.1. The third-order valence-corrected chi connectivity index (χ3v) is 8.07. The lowest BCUT2D eigenvalue weighted by Crippen LogP contribution is -2.26. The quantitative estimate of drug-likeness (QED) is 0.659. The van der Waals surface area contributed by atoms with E-state index >= 15 is 0 Å². The summed E-state index contributed by atoms with van der Waals surface area (Å²) in [7, 11) is -3.30. The number of hydrogen-bond donors (Lipinski definition) is 1. The predicted molar refractivity (Wildman–Crippen MR) is 111 cm³/mol. The van der Waals surface area contributed by atoms with E-state index in [2.05, 4.69) is 4.98 Å². The molecule has 4 rings (SSSR count). The Balaban J connectivity index is 1.94. The molecule has 0 unspecified atom stereocenters. The number of fused-ring (bicyclic) bond motifs is 1. The van der Waals surface area contributed by atoms with Crippen LogP contribution >= 0.6 is 11.8 Å². The van der Waals surface area contributed by atoms with E-state index < -0.39 is 21.2 Å². The van der Waals surface area contributed by atoms with Gasteiger partial charge in [-0.3, -0.25) is 9.36 Å². The summed E-state index contributed by atoms with van der Waals surface area (Å²) in [5.41, 5.74) is 2.96. The first kappa shape index (κ1) is 19.2. The van der Waals surface area contributed by atoms with E-state index in [-0.39, 0.29) is 17.1 Å². The number of aliphatic hydroxyl groups is 1. The Hall–Kier alpha value is -2.16. The van der Waals surface area contributed by atoms with Crippen molar-refractivity contribution in [3.05, 3.63) is 63.9 Å². The zero-order valence-electron chi connectivity index (χ0n) is 15.5. The number of nitrogens with zero attached hydrogens (tertiary/aromatic N) is 2. The van der Waals surface area contributed by atoms with Crippen LogP contribution in [0.25, 0.3) is 16.6 Å². The fourth-order valence-electron chi connectivity index (χ4n) is 3.41. The summed E-state index contributed by atoms with van der Waals surface area (Å²) >= 11 is 1.15. The van der Waals surface area contributed by atoms with Gasteiger partial charge in [-0.15, -0.1) is 0 Å². The zero-order valence-corrected chi connectivity index (χ0v) is 17.1. The fraction of sp³-hybridized carbons (Fsp3) is 0.300. The lowest BCUT2D eigenvalue weighted by Gasteiger charge is -2.18. The van der Waals surface area contributed by atoms with Crippen molar-refractivity contribution in [2.45, 2.75) is 30.4 Å². The molecule has 0 bridgehead atoms. The Morgan fingerprint density at radius 1 is 1.14 bits per heavy atom. The molecule has 8 heteroatoms. The SMILES string of the molecule is Cc1ccc(C)c(-n2c(S[C@H]3CS(=O)(=O)C[C@@H]3O)nc3ccccc3c2=O)c1. The molecule has 3 aromatic rings. The number of sulfone groups is 1. The average Bonchev–Trinajstić information content (AvgIpc) is 2.89. The first-order chi connectivity index (χ1) is 13.2. The summed E-state index contributed by atoms with van der Waals surface area (Å²) in [6.07, 6.45) is -0.981. The van der Waals surface area contributed by atoms with Crippen LogP contribution in [0.4, 0.5) is 0 Å². The Morgan fingerprint density at radius 2 is 1.89 bits per heavy atom. The van der Waals surface area contributed by atoms with Crippen molar-refractivity contribution in [3.8, 4) is 5.69 Å². The second kappa shape index (κ2) is 7.02. The third kappa shape index (κ3) is 3.47. The Kier molecular flexibility index (Phi) is 4.81. The minimum atomic E-state index is -3.30. The maximum absolute atomic E-state index is 13.3. The van der Waals surface area contributed by atoms with Crippen LogP contribution in [0.3, 0.4) is 0 Å². The summed E-state index contributed by atoms with van der Waals surface area (Å²) in [6, 6.07) is 12.9. The molecular weight excluding hydrogens is 396 g/mol. The molecule has 1 saturated heterocycles. The number of aromatic nitrogens is 2. The molecule has 2 aromatic carbocycles. The molecule has 0 amide bonds. The fourth-order valence-corrected chi connectivity index (χ4v) is 7.00. The highest BCUT2D eigenvalue weighted by molar-refractivity contribution is 8.01. The van der Waals surface area contributed by atoms with Gasteiger partial charge in [0.25, 0.3) is 5.56 Å². The highest BCUT2D eigenvalue weighted by Gasteiger charge is 2.38. The second-order valence-corrected chi connectivity index (χ2v) is 10.5. The predicted octanol–water partition coefficient (Wildman–Crippen LogP) is 2.25. The van der Waals surface area contributed by atoms with E-state index in [1.54, 1.807) is 24.3 Å². The summed E-state index contributed by atoms with van der Waals surface area (Å²) in [6.45, 7) is 3.86. The summed E-state index contributed by atoms with van der Waals surface area (Å²) in [5.74, 6) is -0.389. The van der Waals surface area contributed by atoms with Crippen molar-refractivity contribution < 1.29 is 13.5 Å². The molecule has 2 heterocycles. The van der Waals surface area contributed by atoms with Gasteiger partial charge < -0.3 is 5.11 Å². The Labute approximate surface area is 167 Å². The molecule has 2 atom stereocenters. The molecule has 146 valence electrons. The van der Waals surface area contributed by atoms with Crippen molar-refractivity contribution >= 4 is 32.5 Å². The van der Waals surface area contributed by atoms with Crippen LogP contribution in [0.5, 0.6) is 0 Å². The van der Waals surface area contributed by atoms with Gasteiger partial charge in [-0.05, 0) is 43.2 Å². The van der Waals surface area contributed by atoms with Gasteiger partial charge in [-0.1, -0.05) is 36.0 Å². The largest absolute Gasteiger partial charge is 0.391 e. The minimum Gasteiger partial charge on any atom is -0.391 e. The molecule has 0 saturated carbocycles. The first-order valence-electron chi connectivity index (χ1n) is 8.90. The first-order valence-corrected chi connectivity index (χ1v) is 11.6. The molecule has 1 aliphatic heterocycles. The van der Waals surface area contributed by atoms with E-state index in [1.165, 1.54) is 4.57 Å². The Bertz CT molecular complexity index is 1230. The molecule has 1 fully saturated rings. The molecular formula is C20H20N2O4S2.